The van der Waals surface area contributed by atoms with E-state index in [0.29, 0.717) is 11.4 Å². The van der Waals surface area contributed by atoms with Crippen molar-refractivity contribution in [3.05, 3.63) is 72.6 Å². The molecule has 0 saturated carbocycles. The molecule has 4 rings (SSSR count). The van der Waals surface area contributed by atoms with Gasteiger partial charge in [0, 0.05) is 30.7 Å². The summed E-state index contributed by atoms with van der Waals surface area (Å²) in [6.07, 6.45) is 7.56. The number of nitrogens with zero attached hydrogens (tertiary/aromatic N) is 4. The van der Waals surface area contributed by atoms with Gasteiger partial charge in [-0.15, -0.1) is 0 Å². The van der Waals surface area contributed by atoms with Gasteiger partial charge in [-0.1, -0.05) is 19.1 Å². The van der Waals surface area contributed by atoms with Gasteiger partial charge in [-0.3, -0.25) is 9.59 Å². The Morgan fingerprint density at radius 1 is 0.833 bits per heavy atom. The average Bonchev–Trinajstić information content (AvgIpc) is 3.33. The number of carbonyl (C=O) groups is 2. The van der Waals surface area contributed by atoms with Gasteiger partial charge in [0.1, 0.15) is 11.3 Å². The molecule has 0 unspecified atom stereocenters. The zero-order chi connectivity index (χ0) is 20.9. The van der Waals surface area contributed by atoms with E-state index in [-0.39, 0.29) is 43.9 Å². The van der Waals surface area contributed by atoms with Crippen molar-refractivity contribution < 1.29 is 19.1 Å². The summed E-state index contributed by atoms with van der Waals surface area (Å²) in [5, 5.41) is 0. The molecule has 8 nitrogen and oxygen atoms in total. The minimum absolute atomic E-state index is 0.0993. The predicted molar refractivity (Wildman–Crippen MR) is 109 cm³/mol. The van der Waals surface area contributed by atoms with E-state index < -0.39 is 0 Å². The highest BCUT2D eigenvalue weighted by molar-refractivity contribution is 5.73. The third kappa shape index (κ3) is 4.83. The predicted octanol–water partition coefficient (Wildman–Crippen LogP) is 2.49. The average molecular weight is 406 g/mol. The molecule has 0 fully saturated rings. The van der Waals surface area contributed by atoms with Crippen LogP contribution in [0.3, 0.4) is 0 Å². The van der Waals surface area contributed by atoms with Gasteiger partial charge in [-0.05, 0) is 24.3 Å². The first kappa shape index (κ1) is 19.6. The van der Waals surface area contributed by atoms with E-state index in [9.17, 15) is 9.59 Å². The molecule has 8 heteroatoms. The van der Waals surface area contributed by atoms with E-state index >= 15 is 0 Å². The number of pyridine rings is 2. The van der Waals surface area contributed by atoms with Gasteiger partial charge in [-0.2, -0.15) is 0 Å². The summed E-state index contributed by atoms with van der Waals surface area (Å²) in [5.41, 5.74) is 2.87. The lowest BCUT2D eigenvalue weighted by Crippen LogP contribution is -2.20. The Hall–Kier alpha value is -3.68. The summed E-state index contributed by atoms with van der Waals surface area (Å²) < 4.78 is 14.3. The number of ether oxygens (including phenoxy) is 2. The Kier molecular flexibility index (Phi) is 5.74. The second-order valence-corrected chi connectivity index (χ2v) is 7.22. The SMILES string of the molecule is CC(COC(=O)Cc1cn2ccccc2n1)COC(=O)Cc1cn2ccccc2n1. The van der Waals surface area contributed by atoms with Crippen LogP contribution in [0, 0.1) is 5.92 Å². The highest BCUT2D eigenvalue weighted by Crippen LogP contribution is 2.08. The fraction of sp³-hybridized carbons (Fsp3) is 0.273. The van der Waals surface area contributed by atoms with Crippen molar-refractivity contribution in [2.75, 3.05) is 13.2 Å². The van der Waals surface area contributed by atoms with Crippen molar-refractivity contribution in [3.8, 4) is 0 Å². The zero-order valence-electron chi connectivity index (χ0n) is 16.6. The van der Waals surface area contributed by atoms with Crippen LogP contribution in [0.2, 0.25) is 0 Å². The Labute approximate surface area is 173 Å². The molecule has 0 aliphatic heterocycles. The van der Waals surface area contributed by atoms with E-state index in [4.69, 9.17) is 9.47 Å². The number of hydrogen-bond donors (Lipinski definition) is 0. The van der Waals surface area contributed by atoms with Crippen LogP contribution in [0.4, 0.5) is 0 Å². The van der Waals surface area contributed by atoms with Gasteiger partial charge in [0.15, 0.2) is 0 Å². The van der Waals surface area contributed by atoms with Crippen molar-refractivity contribution in [1.82, 2.24) is 18.8 Å². The Morgan fingerprint density at radius 3 is 1.73 bits per heavy atom. The molecule has 0 atom stereocenters. The molecular weight excluding hydrogens is 384 g/mol. The Bertz CT molecular complexity index is 1020. The van der Waals surface area contributed by atoms with Crippen LogP contribution in [0.15, 0.2) is 61.2 Å². The summed E-state index contributed by atoms with van der Waals surface area (Å²) in [7, 11) is 0. The summed E-state index contributed by atoms with van der Waals surface area (Å²) >= 11 is 0. The van der Waals surface area contributed by atoms with Gasteiger partial charge in [0.05, 0.1) is 37.4 Å². The second-order valence-electron chi connectivity index (χ2n) is 7.22. The number of esters is 2. The van der Waals surface area contributed by atoms with Gasteiger partial charge in [0.2, 0.25) is 0 Å². The highest BCUT2D eigenvalue weighted by atomic mass is 16.5. The van der Waals surface area contributed by atoms with Crippen LogP contribution in [0.5, 0.6) is 0 Å². The largest absolute Gasteiger partial charge is 0.465 e. The Balaban J connectivity index is 1.19. The van der Waals surface area contributed by atoms with Gasteiger partial charge in [0.25, 0.3) is 0 Å². The molecule has 154 valence electrons. The molecule has 0 radical (unpaired) electrons. The van der Waals surface area contributed by atoms with Crippen LogP contribution in [0.1, 0.15) is 18.3 Å². The summed E-state index contributed by atoms with van der Waals surface area (Å²) in [5.74, 6) is -0.831. The lowest BCUT2D eigenvalue weighted by Gasteiger charge is -2.12. The lowest BCUT2D eigenvalue weighted by atomic mass is 10.2. The summed E-state index contributed by atoms with van der Waals surface area (Å²) in [6, 6.07) is 11.3. The second kappa shape index (κ2) is 8.77. The molecular formula is C22H22N4O4. The fourth-order valence-corrected chi connectivity index (χ4v) is 3.06. The topological polar surface area (TPSA) is 87.2 Å². The smallest absolute Gasteiger partial charge is 0.311 e. The number of carbonyl (C=O) groups excluding carboxylic acids is 2. The molecule has 30 heavy (non-hydrogen) atoms. The van der Waals surface area contributed by atoms with E-state index in [1.165, 1.54) is 0 Å². The number of imidazole rings is 2. The van der Waals surface area contributed by atoms with Gasteiger partial charge < -0.3 is 18.3 Å². The minimum atomic E-state index is -0.360. The van der Waals surface area contributed by atoms with Crippen LogP contribution in [0.25, 0.3) is 11.3 Å². The molecule has 0 aromatic carbocycles. The van der Waals surface area contributed by atoms with E-state index in [2.05, 4.69) is 9.97 Å². The van der Waals surface area contributed by atoms with Crippen molar-refractivity contribution in [2.24, 2.45) is 5.92 Å². The monoisotopic (exact) mass is 406 g/mol. The fourth-order valence-electron chi connectivity index (χ4n) is 3.06. The first-order chi connectivity index (χ1) is 14.6. The zero-order valence-corrected chi connectivity index (χ0v) is 16.6. The number of rotatable bonds is 8. The number of fused-ring (bicyclic) bond motifs is 2. The van der Waals surface area contributed by atoms with E-state index in [1.54, 1.807) is 12.4 Å². The van der Waals surface area contributed by atoms with Crippen LogP contribution >= 0.6 is 0 Å². The molecule has 0 amide bonds. The third-order valence-electron chi connectivity index (χ3n) is 4.54. The standard InChI is InChI=1S/C22H22N4O4/c1-16(14-29-21(27)10-17-12-25-8-4-2-6-19(25)23-17)15-30-22(28)11-18-13-26-9-5-3-7-20(26)24-18/h2-9,12-13,16H,10-11,14-15H2,1H3. The maximum atomic E-state index is 12.1. The van der Waals surface area contributed by atoms with Gasteiger partial charge >= 0.3 is 11.9 Å². The van der Waals surface area contributed by atoms with Gasteiger partial charge in [-0.25, -0.2) is 9.97 Å². The van der Waals surface area contributed by atoms with Crippen molar-refractivity contribution in [2.45, 2.75) is 19.8 Å². The van der Waals surface area contributed by atoms with Crippen LogP contribution in [-0.4, -0.2) is 43.9 Å². The number of hydrogen-bond acceptors (Lipinski definition) is 6. The first-order valence-corrected chi connectivity index (χ1v) is 9.73. The first-order valence-electron chi connectivity index (χ1n) is 9.73. The normalized spacial score (nSPS) is 11.3. The van der Waals surface area contributed by atoms with E-state index in [1.807, 2.05) is 64.5 Å². The molecule has 0 bridgehead atoms. The van der Waals surface area contributed by atoms with Crippen LogP contribution in [-0.2, 0) is 31.9 Å². The maximum absolute atomic E-state index is 12.1. The quantitative estimate of drug-likeness (QED) is 0.418. The van der Waals surface area contributed by atoms with Crippen LogP contribution < -0.4 is 0 Å². The van der Waals surface area contributed by atoms with Crippen molar-refractivity contribution in [3.63, 3.8) is 0 Å². The summed E-state index contributed by atoms with van der Waals surface area (Å²) in [4.78, 5) is 32.9. The van der Waals surface area contributed by atoms with Crippen molar-refractivity contribution >= 4 is 23.2 Å². The molecule has 0 N–H and O–H groups in total. The molecule has 4 aromatic heterocycles. The highest BCUT2D eigenvalue weighted by Gasteiger charge is 2.14. The Morgan fingerprint density at radius 2 is 1.30 bits per heavy atom. The maximum Gasteiger partial charge on any atom is 0.311 e. The number of aromatic nitrogens is 4. The third-order valence-corrected chi connectivity index (χ3v) is 4.54. The van der Waals surface area contributed by atoms with E-state index in [0.717, 1.165) is 11.3 Å². The van der Waals surface area contributed by atoms with Crippen molar-refractivity contribution in [1.29, 1.82) is 0 Å². The summed E-state index contributed by atoms with van der Waals surface area (Å²) in [6.45, 7) is 2.21. The molecule has 0 saturated heterocycles. The lowest BCUT2D eigenvalue weighted by molar-refractivity contribution is -0.147. The molecule has 4 aromatic rings. The minimum Gasteiger partial charge on any atom is -0.465 e. The molecule has 0 aliphatic carbocycles. The molecule has 4 heterocycles. The molecule has 0 aliphatic rings. The molecule has 0 spiro atoms.